The van der Waals surface area contributed by atoms with Crippen molar-refractivity contribution in [1.82, 2.24) is 15.1 Å². The third kappa shape index (κ3) is 2.45. The van der Waals surface area contributed by atoms with Crippen LogP contribution in [0.1, 0.15) is 76.2 Å². The Labute approximate surface area is 116 Å². The molecule has 2 aliphatic rings. The van der Waals surface area contributed by atoms with Gasteiger partial charge in [0.15, 0.2) is 0 Å². The molecule has 0 amide bonds. The van der Waals surface area contributed by atoms with E-state index in [-0.39, 0.29) is 0 Å². The predicted octanol–water partition coefficient (Wildman–Crippen LogP) is 3.62. The number of rotatable bonds is 3. The Morgan fingerprint density at radius 1 is 1.37 bits per heavy atom. The fraction of sp³-hybridized carbons (Fsp3) is 0.812. The molecule has 1 aromatic rings. The second-order valence-electron chi connectivity index (χ2n) is 7.08. The molecule has 3 heteroatoms. The Hall–Kier alpha value is -0.830. The van der Waals surface area contributed by atoms with E-state index in [9.17, 15) is 0 Å². The monoisotopic (exact) mass is 261 g/mol. The van der Waals surface area contributed by atoms with Gasteiger partial charge >= 0.3 is 0 Å². The quantitative estimate of drug-likeness (QED) is 0.900. The molecule has 1 fully saturated rings. The highest BCUT2D eigenvalue weighted by Gasteiger charge is 2.35. The molecule has 3 nitrogen and oxygen atoms in total. The van der Waals surface area contributed by atoms with Crippen molar-refractivity contribution in [1.29, 1.82) is 0 Å². The first-order chi connectivity index (χ1) is 9.11. The van der Waals surface area contributed by atoms with Crippen molar-refractivity contribution in [2.45, 2.75) is 71.4 Å². The summed E-state index contributed by atoms with van der Waals surface area (Å²) in [5.74, 6) is 0. The Bertz CT molecular complexity index is 441. The lowest BCUT2D eigenvalue weighted by molar-refractivity contribution is 0.248. The van der Waals surface area contributed by atoms with Crippen molar-refractivity contribution < 1.29 is 0 Å². The number of nitrogens with zero attached hydrogens (tertiary/aromatic N) is 2. The molecular weight excluding hydrogens is 234 g/mol. The van der Waals surface area contributed by atoms with Gasteiger partial charge in [0.1, 0.15) is 0 Å². The lowest BCUT2D eigenvalue weighted by Gasteiger charge is -2.36. The molecule has 0 spiro atoms. The minimum Gasteiger partial charge on any atom is -0.310 e. The summed E-state index contributed by atoms with van der Waals surface area (Å²) in [4.78, 5) is 0. The van der Waals surface area contributed by atoms with Gasteiger partial charge in [-0.2, -0.15) is 5.10 Å². The molecule has 3 rings (SSSR count). The van der Waals surface area contributed by atoms with Crippen LogP contribution in [-0.4, -0.2) is 16.3 Å². The fourth-order valence-electron chi connectivity index (χ4n) is 3.96. The van der Waals surface area contributed by atoms with Crippen molar-refractivity contribution >= 4 is 0 Å². The van der Waals surface area contributed by atoms with Crippen LogP contribution in [0.2, 0.25) is 0 Å². The zero-order chi connectivity index (χ0) is 13.5. The highest BCUT2D eigenvalue weighted by molar-refractivity contribution is 5.27. The van der Waals surface area contributed by atoms with E-state index in [0.717, 1.165) is 6.54 Å². The Morgan fingerprint density at radius 2 is 2.11 bits per heavy atom. The maximum atomic E-state index is 4.75. The number of fused-ring (bicyclic) bond motifs is 1. The molecule has 1 saturated carbocycles. The molecule has 0 aromatic carbocycles. The zero-order valence-corrected chi connectivity index (χ0v) is 12.6. The van der Waals surface area contributed by atoms with Crippen molar-refractivity contribution in [3.63, 3.8) is 0 Å². The molecular formula is C16H27N3. The van der Waals surface area contributed by atoms with Gasteiger partial charge in [0.05, 0.1) is 12.2 Å². The van der Waals surface area contributed by atoms with E-state index in [1.54, 1.807) is 0 Å². The van der Waals surface area contributed by atoms with E-state index in [0.29, 0.717) is 17.5 Å². The first kappa shape index (κ1) is 13.2. The first-order valence-corrected chi connectivity index (χ1v) is 7.90. The molecule has 0 bridgehead atoms. The van der Waals surface area contributed by atoms with Crippen LogP contribution >= 0.6 is 0 Å². The molecule has 0 saturated heterocycles. The molecule has 1 atom stereocenters. The van der Waals surface area contributed by atoms with Crippen LogP contribution in [0.3, 0.4) is 0 Å². The van der Waals surface area contributed by atoms with Gasteiger partial charge in [-0.15, -0.1) is 0 Å². The largest absolute Gasteiger partial charge is 0.310 e. The predicted molar refractivity (Wildman–Crippen MR) is 78.3 cm³/mol. The normalized spacial score (nSPS) is 26.6. The summed E-state index contributed by atoms with van der Waals surface area (Å²) in [5.41, 5.74) is 3.36. The maximum absolute atomic E-state index is 4.75. The van der Waals surface area contributed by atoms with Gasteiger partial charge in [-0.3, -0.25) is 4.68 Å². The lowest BCUT2D eigenvalue weighted by atomic mass is 9.74. The number of aromatic nitrogens is 2. The van der Waals surface area contributed by atoms with Gasteiger partial charge < -0.3 is 5.32 Å². The Morgan fingerprint density at radius 3 is 2.79 bits per heavy atom. The summed E-state index contributed by atoms with van der Waals surface area (Å²) in [5, 5.41) is 8.40. The second kappa shape index (κ2) is 4.93. The Kier molecular flexibility index (Phi) is 3.42. The second-order valence-corrected chi connectivity index (χ2v) is 7.08. The van der Waals surface area contributed by atoms with Gasteiger partial charge in [-0.05, 0) is 37.6 Å². The van der Waals surface area contributed by atoms with Crippen molar-refractivity contribution in [2.24, 2.45) is 5.41 Å². The van der Waals surface area contributed by atoms with Crippen molar-refractivity contribution in [3.05, 3.63) is 17.5 Å². The molecule has 1 aromatic heterocycles. The van der Waals surface area contributed by atoms with Gasteiger partial charge in [-0.25, -0.2) is 0 Å². The lowest BCUT2D eigenvalue weighted by Crippen LogP contribution is -2.34. The average molecular weight is 261 g/mol. The van der Waals surface area contributed by atoms with Gasteiger partial charge in [0.25, 0.3) is 0 Å². The third-order valence-electron chi connectivity index (χ3n) is 4.83. The minimum absolute atomic E-state index is 0.385. The van der Waals surface area contributed by atoms with E-state index in [4.69, 9.17) is 5.10 Å². The molecule has 1 N–H and O–H groups in total. The summed E-state index contributed by atoms with van der Waals surface area (Å²) in [6.07, 6.45) is 9.93. The number of hydrogen-bond donors (Lipinski definition) is 1. The average Bonchev–Trinajstić information content (AvgIpc) is 2.95. The molecule has 2 aliphatic carbocycles. The standard InChI is InChI=1S/C16H27N3/c1-4-17-14-9-16(2,3)10-15-13(14)11-18-19(15)12-7-5-6-8-12/h11-12,14,17H,4-10H2,1-3H3. The molecule has 0 radical (unpaired) electrons. The van der Waals surface area contributed by atoms with Crippen LogP contribution in [0, 0.1) is 5.41 Å². The van der Waals surface area contributed by atoms with Crippen LogP contribution in [0.4, 0.5) is 0 Å². The summed E-state index contributed by atoms with van der Waals surface area (Å²) in [6.45, 7) is 8.02. The van der Waals surface area contributed by atoms with Gasteiger partial charge in [0, 0.05) is 17.3 Å². The molecule has 0 aliphatic heterocycles. The van der Waals surface area contributed by atoms with E-state index in [2.05, 4.69) is 37.0 Å². The van der Waals surface area contributed by atoms with Gasteiger partial charge in [0.2, 0.25) is 0 Å². The first-order valence-electron chi connectivity index (χ1n) is 7.90. The zero-order valence-electron chi connectivity index (χ0n) is 12.6. The van der Waals surface area contributed by atoms with E-state index < -0.39 is 0 Å². The van der Waals surface area contributed by atoms with Crippen LogP contribution in [0.25, 0.3) is 0 Å². The maximum Gasteiger partial charge on any atom is 0.0540 e. The van der Waals surface area contributed by atoms with Crippen LogP contribution < -0.4 is 5.32 Å². The molecule has 1 heterocycles. The highest BCUT2D eigenvalue weighted by atomic mass is 15.3. The van der Waals surface area contributed by atoms with E-state index >= 15 is 0 Å². The summed E-state index contributed by atoms with van der Waals surface area (Å²) < 4.78 is 2.37. The Balaban J connectivity index is 1.94. The molecule has 106 valence electrons. The van der Waals surface area contributed by atoms with Crippen LogP contribution in [-0.2, 0) is 6.42 Å². The van der Waals surface area contributed by atoms with Crippen molar-refractivity contribution in [3.8, 4) is 0 Å². The highest BCUT2D eigenvalue weighted by Crippen LogP contribution is 2.42. The topological polar surface area (TPSA) is 29.9 Å². The smallest absolute Gasteiger partial charge is 0.0540 e. The van der Waals surface area contributed by atoms with Gasteiger partial charge in [-0.1, -0.05) is 33.6 Å². The molecule has 1 unspecified atom stereocenters. The summed E-state index contributed by atoms with van der Waals surface area (Å²) >= 11 is 0. The molecule has 19 heavy (non-hydrogen) atoms. The van der Waals surface area contributed by atoms with E-state index in [1.165, 1.54) is 49.8 Å². The SMILES string of the molecule is CCNC1CC(C)(C)Cc2c1cnn2C1CCCC1. The third-order valence-corrected chi connectivity index (χ3v) is 4.83. The van der Waals surface area contributed by atoms with E-state index in [1.807, 2.05) is 0 Å². The van der Waals surface area contributed by atoms with Crippen molar-refractivity contribution in [2.75, 3.05) is 6.54 Å². The fourth-order valence-corrected chi connectivity index (χ4v) is 3.96. The van der Waals surface area contributed by atoms with Crippen LogP contribution in [0.5, 0.6) is 0 Å². The number of hydrogen-bond acceptors (Lipinski definition) is 2. The van der Waals surface area contributed by atoms with Crippen LogP contribution in [0.15, 0.2) is 6.20 Å². The summed E-state index contributed by atoms with van der Waals surface area (Å²) in [6, 6.07) is 1.17. The summed E-state index contributed by atoms with van der Waals surface area (Å²) in [7, 11) is 0. The number of nitrogens with one attached hydrogen (secondary N) is 1. The minimum atomic E-state index is 0.385.